The molecule has 1 fully saturated rings. The molecule has 17 heavy (non-hydrogen) atoms. The van der Waals surface area contributed by atoms with E-state index >= 15 is 0 Å². The fourth-order valence-corrected chi connectivity index (χ4v) is 1.89. The third kappa shape index (κ3) is 4.02. The van der Waals surface area contributed by atoms with Crippen LogP contribution in [0.15, 0.2) is 0 Å². The number of nitrogens with zero attached hydrogens (tertiary/aromatic N) is 1. The summed E-state index contributed by atoms with van der Waals surface area (Å²) in [6, 6.07) is 0. The molecule has 2 unspecified atom stereocenters. The SMILES string of the molecule is CCCN(CC1CC1)C(=O)C(C)C(C)C(=O)O. The minimum Gasteiger partial charge on any atom is -0.481 e. The first-order valence-electron chi connectivity index (χ1n) is 6.49. The summed E-state index contributed by atoms with van der Waals surface area (Å²) in [6.07, 6.45) is 3.33. The molecule has 1 aliphatic rings. The van der Waals surface area contributed by atoms with Gasteiger partial charge in [-0.3, -0.25) is 9.59 Å². The Balaban J connectivity index is 2.58. The second kappa shape index (κ2) is 6.03. The van der Waals surface area contributed by atoms with Crippen LogP contribution in [-0.2, 0) is 9.59 Å². The maximum Gasteiger partial charge on any atom is 0.307 e. The maximum absolute atomic E-state index is 12.2. The summed E-state index contributed by atoms with van der Waals surface area (Å²) in [7, 11) is 0. The molecule has 1 saturated carbocycles. The predicted molar refractivity (Wildman–Crippen MR) is 65.6 cm³/mol. The number of carboxylic acid groups (broad SMARTS) is 1. The number of carboxylic acids is 1. The zero-order valence-electron chi connectivity index (χ0n) is 11.0. The lowest BCUT2D eigenvalue weighted by molar-refractivity contribution is -0.149. The van der Waals surface area contributed by atoms with Gasteiger partial charge in [0, 0.05) is 19.0 Å². The van der Waals surface area contributed by atoms with E-state index < -0.39 is 17.8 Å². The van der Waals surface area contributed by atoms with Crippen LogP contribution in [0.25, 0.3) is 0 Å². The molecule has 1 aliphatic carbocycles. The zero-order valence-corrected chi connectivity index (χ0v) is 11.0. The van der Waals surface area contributed by atoms with Gasteiger partial charge in [0.1, 0.15) is 0 Å². The van der Waals surface area contributed by atoms with Crippen molar-refractivity contribution in [3.63, 3.8) is 0 Å². The number of carbonyl (C=O) groups excluding carboxylic acids is 1. The molecule has 1 amide bonds. The number of amides is 1. The molecule has 0 aromatic heterocycles. The molecule has 0 heterocycles. The van der Waals surface area contributed by atoms with Gasteiger partial charge < -0.3 is 10.0 Å². The number of aliphatic carboxylic acids is 1. The minimum absolute atomic E-state index is 0.00588. The van der Waals surface area contributed by atoms with Gasteiger partial charge in [-0.15, -0.1) is 0 Å². The summed E-state index contributed by atoms with van der Waals surface area (Å²) >= 11 is 0. The van der Waals surface area contributed by atoms with Gasteiger partial charge in [-0.2, -0.15) is 0 Å². The van der Waals surface area contributed by atoms with E-state index in [9.17, 15) is 9.59 Å². The Kier molecular flexibility index (Phi) is 4.97. The molecule has 0 saturated heterocycles. The van der Waals surface area contributed by atoms with Crippen LogP contribution in [0.1, 0.15) is 40.0 Å². The lowest BCUT2D eigenvalue weighted by Crippen LogP contribution is -2.40. The van der Waals surface area contributed by atoms with E-state index in [1.165, 1.54) is 12.8 Å². The summed E-state index contributed by atoms with van der Waals surface area (Å²) in [5.41, 5.74) is 0. The van der Waals surface area contributed by atoms with Gasteiger partial charge in [0.15, 0.2) is 0 Å². The Bertz CT molecular complexity index is 286. The zero-order chi connectivity index (χ0) is 13.0. The van der Waals surface area contributed by atoms with E-state index in [2.05, 4.69) is 0 Å². The van der Waals surface area contributed by atoms with Crippen LogP contribution in [0, 0.1) is 17.8 Å². The third-order valence-electron chi connectivity index (χ3n) is 3.51. The van der Waals surface area contributed by atoms with Crippen LogP contribution in [-0.4, -0.2) is 35.0 Å². The average Bonchev–Trinajstić information content (AvgIpc) is 3.09. The molecule has 0 radical (unpaired) electrons. The highest BCUT2D eigenvalue weighted by Crippen LogP contribution is 2.30. The Labute approximate surface area is 103 Å². The van der Waals surface area contributed by atoms with E-state index in [0.717, 1.165) is 19.5 Å². The normalized spacial score (nSPS) is 18.5. The van der Waals surface area contributed by atoms with Crippen LogP contribution in [0.2, 0.25) is 0 Å². The molecular weight excluding hydrogens is 218 g/mol. The Morgan fingerprint density at radius 3 is 2.29 bits per heavy atom. The Morgan fingerprint density at radius 1 is 1.29 bits per heavy atom. The molecule has 2 atom stereocenters. The van der Waals surface area contributed by atoms with Crippen LogP contribution in [0.5, 0.6) is 0 Å². The fourth-order valence-electron chi connectivity index (χ4n) is 1.89. The molecule has 0 aromatic carbocycles. The summed E-state index contributed by atoms with van der Waals surface area (Å²) in [5, 5.41) is 8.94. The first-order chi connectivity index (χ1) is 7.97. The standard InChI is InChI=1S/C13H23NO3/c1-4-7-14(8-11-5-6-11)12(15)9(2)10(3)13(16)17/h9-11H,4-8H2,1-3H3,(H,16,17). The van der Waals surface area contributed by atoms with Gasteiger partial charge in [-0.1, -0.05) is 20.8 Å². The Hall–Kier alpha value is -1.06. The van der Waals surface area contributed by atoms with E-state index in [0.29, 0.717) is 5.92 Å². The number of rotatable bonds is 7. The largest absolute Gasteiger partial charge is 0.481 e. The lowest BCUT2D eigenvalue weighted by atomic mass is 9.94. The highest BCUT2D eigenvalue weighted by Gasteiger charge is 2.32. The van der Waals surface area contributed by atoms with E-state index in [-0.39, 0.29) is 5.91 Å². The third-order valence-corrected chi connectivity index (χ3v) is 3.51. The fraction of sp³-hybridized carbons (Fsp3) is 0.846. The highest BCUT2D eigenvalue weighted by atomic mass is 16.4. The van der Waals surface area contributed by atoms with Crippen molar-refractivity contribution in [1.29, 1.82) is 0 Å². The average molecular weight is 241 g/mol. The molecule has 0 spiro atoms. The molecule has 0 aliphatic heterocycles. The molecule has 0 aromatic rings. The van der Waals surface area contributed by atoms with Gasteiger partial charge in [-0.05, 0) is 25.2 Å². The van der Waals surface area contributed by atoms with E-state index in [1.54, 1.807) is 13.8 Å². The second-order valence-corrected chi connectivity index (χ2v) is 5.14. The Morgan fingerprint density at radius 2 is 1.88 bits per heavy atom. The second-order valence-electron chi connectivity index (χ2n) is 5.14. The summed E-state index contributed by atoms with van der Waals surface area (Å²) in [5.74, 6) is -1.29. The molecular formula is C13H23NO3. The van der Waals surface area contributed by atoms with Crippen LogP contribution in [0.3, 0.4) is 0 Å². The summed E-state index contributed by atoms with van der Waals surface area (Å²) in [4.78, 5) is 24.9. The van der Waals surface area contributed by atoms with Gasteiger partial charge in [-0.25, -0.2) is 0 Å². The highest BCUT2D eigenvalue weighted by molar-refractivity contribution is 5.84. The minimum atomic E-state index is -0.895. The summed E-state index contributed by atoms with van der Waals surface area (Å²) < 4.78 is 0. The van der Waals surface area contributed by atoms with Crippen molar-refractivity contribution in [2.75, 3.05) is 13.1 Å². The van der Waals surface area contributed by atoms with Gasteiger partial charge in [0.2, 0.25) is 5.91 Å². The first-order valence-corrected chi connectivity index (χ1v) is 6.49. The van der Waals surface area contributed by atoms with Gasteiger partial charge in [0.05, 0.1) is 5.92 Å². The molecule has 4 heteroatoms. The van der Waals surface area contributed by atoms with Crippen LogP contribution >= 0.6 is 0 Å². The van der Waals surface area contributed by atoms with Crippen molar-refractivity contribution in [1.82, 2.24) is 4.90 Å². The molecule has 4 nitrogen and oxygen atoms in total. The summed E-state index contributed by atoms with van der Waals surface area (Å²) in [6.45, 7) is 6.91. The van der Waals surface area contributed by atoms with Crippen molar-refractivity contribution in [2.24, 2.45) is 17.8 Å². The van der Waals surface area contributed by atoms with Crippen molar-refractivity contribution < 1.29 is 14.7 Å². The van der Waals surface area contributed by atoms with Gasteiger partial charge >= 0.3 is 5.97 Å². The topological polar surface area (TPSA) is 57.6 Å². The van der Waals surface area contributed by atoms with Crippen LogP contribution < -0.4 is 0 Å². The quantitative estimate of drug-likeness (QED) is 0.741. The predicted octanol–water partition coefficient (Wildman–Crippen LogP) is 1.99. The number of hydrogen-bond acceptors (Lipinski definition) is 2. The monoisotopic (exact) mass is 241 g/mol. The molecule has 1 N–H and O–H groups in total. The number of hydrogen-bond donors (Lipinski definition) is 1. The maximum atomic E-state index is 12.2. The van der Waals surface area contributed by atoms with E-state index in [1.807, 2.05) is 11.8 Å². The first kappa shape index (κ1) is 14.0. The van der Waals surface area contributed by atoms with Gasteiger partial charge in [0.25, 0.3) is 0 Å². The van der Waals surface area contributed by atoms with Crippen molar-refractivity contribution >= 4 is 11.9 Å². The van der Waals surface area contributed by atoms with Crippen molar-refractivity contribution in [2.45, 2.75) is 40.0 Å². The van der Waals surface area contributed by atoms with Crippen molar-refractivity contribution in [3.8, 4) is 0 Å². The van der Waals surface area contributed by atoms with E-state index in [4.69, 9.17) is 5.11 Å². The molecule has 1 rings (SSSR count). The van der Waals surface area contributed by atoms with Crippen molar-refractivity contribution in [3.05, 3.63) is 0 Å². The van der Waals surface area contributed by atoms with Crippen LogP contribution in [0.4, 0.5) is 0 Å². The smallest absolute Gasteiger partial charge is 0.307 e. The molecule has 98 valence electrons. The lowest BCUT2D eigenvalue weighted by Gasteiger charge is -2.27. The number of carbonyl (C=O) groups is 2. The molecule has 0 bridgehead atoms.